The number of hydrogen-bond donors (Lipinski definition) is 1. The van der Waals surface area contributed by atoms with Crippen LogP contribution in [-0.4, -0.2) is 35.9 Å². The molecule has 6 nitrogen and oxygen atoms in total. The van der Waals surface area contributed by atoms with Crippen LogP contribution in [0.3, 0.4) is 0 Å². The van der Waals surface area contributed by atoms with Gasteiger partial charge < -0.3 is 10.6 Å². The monoisotopic (exact) mass is 279 g/mol. The lowest BCUT2D eigenvalue weighted by atomic mass is 9.93. The van der Waals surface area contributed by atoms with Gasteiger partial charge in [0.2, 0.25) is 0 Å². The smallest absolute Gasteiger partial charge is 0.270 e. The van der Waals surface area contributed by atoms with E-state index in [0.29, 0.717) is 24.2 Å². The normalized spacial score (nSPS) is 11.2. The molecule has 0 heterocycles. The lowest BCUT2D eigenvalue weighted by Crippen LogP contribution is -2.39. The summed E-state index contributed by atoms with van der Waals surface area (Å²) in [6.45, 7) is 6.61. The van der Waals surface area contributed by atoms with Crippen molar-refractivity contribution in [2.45, 2.75) is 20.8 Å². The van der Waals surface area contributed by atoms with E-state index in [1.54, 1.807) is 24.9 Å². The maximum Gasteiger partial charge on any atom is 0.270 e. The van der Waals surface area contributed by atoms with Crippen molar-refractivity contribution in [2.24, 2.45) is 11.1 Å². The van der Waals surface area contributed by atoms with Crippen LogP contribution in [0.15, 0.2) is 18.2 Å². The second-order valence-electron chi connectivity index (χ2n) is 5.84. The van der Waals surface area contributed by atoms with Crippen molar-refractivity contribution in [1.82, 2.24) is 4.90 Å². The van der Waals surface area contributed by atoms with Crippen molar-refractivity contribution in [1.29, 1.82) is 0 Å². The molecule has 1 amide bonds. The highest BCUT2D eigenvalue weighted by atomic mass is 16.6. The molecule has 6 heteroatoms. The average molecular weight is 279 g/mol. The first-order valence-corrected chi connectivity index (χ1v) is 6.38. The Labute approximate surface area is 118 Å². The van der Waals surface area contributed by atoms with Crippen LogP contribution < -0.4 is 5.73 Å². The van der Waals surface area contributed by atoms with E-state index in [1.165, 1.54) is 12.1 Å². The summed E-state index contributed by atoms with van der Waals surface area (Å²) in [7, 11) is 1.67. The number of non-ortho nitro benzene ring substituents is 1. The van der Waals surface area contributed by atoms with Crippen molar-refractivity contribution in [2.75, 3.05) is 20.1 Å². The van der Waals surface area contributed by atoms with Gasteiger partial charge in [-0.15, -0.1) is 0 Å². The van der Waals surface area contributed by atoms with E-state index >= 15 is 0 Å². The highest BCUT2D eigenvalue weighted by molar-refractivity contribution is 5.95. The molecule has 0 unspecified atom stereocenters. The van der Waals surface area contributed by atoms with Crippen LogP contribution in [0.2, 0.25) is 0 Å². The van der Waals surface area contributed by atoms with Gasteiger partial charge in [0.25, 0.3) is 11.6 Å². The highest BCUT2D eigenvalue weighted by Gasteiger charge is 2.23. The van der Waals surface area contributed by atoms with E-state index in [0.717, 1.165) is 0 Å². The molecule has 0 aliphatic carbocycles. The van der Waals surface area contributed by atoms with E-state index in [4.69, 9.17) is 5.73 Å². The molecule has 0 aliphatic heterocycles. The number of benzene rings is 1. The summed E-state index contributed by atoms with van der Waals surface area (Å²) in [5, 5.41) is 10.8. The number of nitrogens with zero attached hydrogens (tertiary/aromatic N) is 2. The molecule has 0 saturated carbocycles. The number of rotatable bonds is 5. The van der Waals surface area contributed by atoms with E-state index in [9.17, 15) is 14.9 Å². The molecule has 0 aliphatic rings. The van der Waals surface area contributed by atoms with Gasteiger partial charge in [0.05, 0.1) is 4.92 Å². The zero-order chi connectivity index (χ0) is 15.5. The van der Waals surface area contributed by atoms with Crippen LogP contribution in [-0.2, 0) is 0 Å². The fraction of sp³-hybridized carbons (Fsp3) is 0.500. The fourth-order valence-electron chi connectivity index (χ4n) is 1.99. The summed E-state index contributed by atoms with van der Waals surface area (Å²) in [6.07, 6.45) is 0. The lowest BCUT2D eigenvalue weighted by Gasteiger charge is -2.29. The van der Waals surface area contributed by atoms with Crippen LogP contribution >= 0.6 is 0 Å². The molecule has 0 aromatic heterocycles. The SMILES string of the molecule is Cc1cc(C(=O)N(C)CC(C)(C)CN)cc([N+](=O)[O-])c1. The van der Waals surface area contributed by atoms with Crippen molar-refractivity contribution >= 4 is 11.6 Å². The number of aryl methyl sites for hydroxylation is 1. The summed E-state index contributed by atoms with van der Waals surface area (Å²) >= 11 is 0. The van der Waals surface area contributed by atoms with Gasteiger partial charge in [-0.05, 0) is 30.5 Å². The number of hydrogen-bond acceptors (Lipinski definition) is 4. The molecule has 0 bridgehead atoms. The van der Waals surface area contributed by atoms with Gasteiger partial charge in [0.15, 0.2) is 0 Å². The van der Waals surface area contributed by atoms with Gasteiger partial charge in [-0.25, -0.2) is 0 Å². The summed E-state index contributed by atoms with van der Waals surface area (Å²) in [5.74, 6) is -0.238. The van der Waals surface area contributed by atoms with Crippen LogP contribution in [0.5, 0.6) is 0 Å². The molecule has 0 fully saturated rings. The van der Waals surface area contributed by atoms with Crippen LogP contribution in [0.1, 0.15) is 29.8 Å². The first kappa shape index (κ1) is 16.1. The molecule has 0 spiro atoms. The second-order valence-corrected chi connectivity index (χ2v) is 5.84. The number of nitrogens with two attached hydrogens (primary N) is 1. The maximum atomic E-state index is 12.3. The predicted octanol–water partition coefficient (Wildman–Crippen LogP) is 1.96. The quantitative estimate of drug-likeness (QED) is 0.659. The summed E-state index contributed by atoms with van der Waals surface area (Å²) in [5.41, 5.74) is 6.41. The Morgan fingerprint density at radius 3 is 2.50 bits per heavy atom. The predicted molar refractivity (Wildman–Crippen MR) is 77.6 cm³/mol. The van der Waals surface area contributed by atoms with E-state index in [1.807, 2.05) is 13.8 Å². The molecule has 20 heavy (non-hydrogen) atoms. The molecule has 1 rings (SSSR count). The third-order valence-electron chi connectivity index (χ3n) is 3.08. The minimum absolute atomic E-state index is 0.0696. The van der Waals surface area contributed by atoms with Gasteiger partial charge in [-0.3, -0.25) is 14.9 Å². The Balaban J connectivity index is 3.00. The number of nitro benzene ring substituents is 1. The van der Waals surface area contributed by atoms with Crippen LogP contribution in [0, 0.1) is 22.5 Å². The number of carbonyl (C=O) groups excluding carboxylic acids is 1. The Kier molecular flexibility index (Phi) is 4.83. The molecule has 1 aromatic rings. The topological polar surface area (TPSA) is 89.5 Å². The summed E-state index contributed by atoms with van der Waals surface area (Å²) in [6, 6.07) is 4.41. The zero-order valence-electron chi connectivity index (χ0n) is 12.3. The molecular formula is C14H21N3O3. The third-order valence-corrected chi connectivity index (χ3v) is 3.08. The molecule has 110 valence electrons. The molecule has 0 radical (unpaired) electrons. The van der Waals surface area contributed by atoms with Gasteiger partial charge in [-0.1, -0.05) is 13.8 Å². The maximum absolute atomic E-state index is 12.3. The first-order chi connectivity index (χ1) is 9.16. The van der Waals surface area contributed by atoms with Gasteiger partial charge in [0.1, 0.15) is 0 Å². The molecule has 0 atom stereocenters. The van der Waals surface area contributed by atoms with Crippen molar-refractivity contribution in [3.8, 4) is 0 Å². The standard InChI is InChI=1S/C14H21N3O3/c1-10-5-11(7-12(6-10)17(19)20)13(18)16(4)9-14(2,3)8-15/h5-7H,8-9,15H2,1-4H3. The van der Waals surface area contributed by atoms with Gasteiger partial charge in [0, 0.05) is 31.3 Å². The number of carbonyl (C=O) groups is 1. The Hall–Kier alpha value is -1.95. The minimum atomic E-state index is -0.492. The van der Waals surface area contributed by atoms with Crippen LogP contribution in [0.4, 0.5) is 5.69 Å². The number of amides is 1. The van der Waals surface area contributed by atoms with Gasteiger partial charge in [-0.2, -0.15) is 0 Å². The fourth-order valence-corrected chi connectivity index (χ4v) is 1.99. The van der Waals surface area contributed by atoms with E-state index < -0.39 is 4.92 Å². The van der Waals surface area contributed by atoms with Crippen LogP contribution in [0.25, 0.3) is 0 Å². The Morgan fingerprint density at radius 1 is 1.40 bits per heavy atom. The number of nitro groups is 1. The van der Waals surface area contributed by atoms with Gasteiger partial charge >= 0.3 is 0 Å². The highest BCUT2D eigenvalue weighted by Crippen LogP contribution is 2.20. The lowest BCUT2D eigenvalue weighted by molar-refractivity contribution is -0.384. The van der Waals surface area contributed by atoms with E-state index in [2.05, 4.69) is 0 Å². The molecule has 2 N–H and O–H groups in total. The molecular weight excluding hydrogens is 258 g/mol. The largest absolute Gasteiger partial charge is 0.341 e. The van der Waals surface area contributed by atoms with Crippen molar-refractivity contribution in [3.63, 3.8) is 0 Å². The first-order valence-electron chi connectivity index (χ1n) is 6.38. The second kappa shape index (κ2) is 6.00. The zero-order valence-corrected chi connectivity index (χ0v) is 12.3. The molecule has 0 saturated heterocycles. The Morgan fingerprint density at radius 2 is 2.00 bits per heavy atom. The van der Waals surface area contributed by atoms with E-state index in [-0.39, 0.29) is 17.0 Å². The summed E-state index contributed by atoms with van der Waals surface area (Å²) < 4.78 is 0. The third kappa shape index (κ3) is 4.03. The molecule has 1 aromatic carbocycles. The Bertz CT molecular complexity index is 526. The van der Waals surface area contributed by atoms with Crippen molar-refractivity contribution < 1.29 is 9.72 Å². The summed E-state index contributed by atoms with van der Waals surface area (Å²) in [4.78, 5) is 24.2. The average Bonchev–Trinajstić information content (AvgIpc) is 2.36. The minimum Gasteiger partial charge on any atom is -0.341 e. The van der Waals surface area contributed by atoms with Crippen molar-refractivity contribution in [3.05, 3.63) is 39.4 Å².